The summed E-state index contributed by atoms with van der Waals surface area (Å²) in [6.45, 7) is 0. The molecule has 0 atom stereocenters. The zero-order valence-corrected chi connectivity index (χ0v) is 12.2. The van der Waals surface area contributed by atoms with E-state index in [2.05, 4.69) is 21.0 Å². The second-order valence-corrected chi connectivity index (χ2v) is 4.85. The van der Waals surface area contributed by atoms with Crippen molar-refractivity contribution in [3.8, 4) is 6.07 Å². The maximum Gasteiger partial charge on any atom is 0.190 e. The number of thioether (sulfide) groups is 1. The molecule has 19 heavy (non-hydrogen) atoms. The second kappa shape index (κ2) is 5.25. The Bertz CT molecular complexity index is 807. The summed E-state index contributed by atoms with van der Waals surface area (Å²) in [5.74, 6) is 0. The highest BCUT2D eigenvalue weighted by Gasteiger charge is 2.12. The van der Waals surface area contributed by atoms with Crippen molar-refractivity contribution in [3.05, 3.63) is 28.9 Å². The maximum atomic E-state index is 8.93. The summed E-state index contributed by atoms with van der Waals surface area (Å²) >= 11 is 7.63. The fraction of sp³-hybridized carbons (Fsp3) is 0.0833. The van der Waals surface area contributed by atoms with Crippen molar-refractivity contribution in [2.24, 2.45) is 0 Å². The van der Waals surface area contributed by atoms with Crippen molar-refractivity contribution in [1.82, 2.24) is 15.0 Å². The van der Waals surface area contributed by atoms with Crippen molar-refractivity contribution in [2.75, 3.05) is 6.26 Å². The van der Waals surface area contributed by atoms with E-state index in [1.807, 2.05) is 12.3 Å². The minimum absolute atomic E-state index is 0. The smallest absolute Gasteiger partial charge is 0.190 e. The number of fused-ring (bicyclic) bond motifs is 3. The van der Waals surface area contributed by atoms with E-state index in [1.165, 1.54) is 11.8 Å². The van der Waals surface area contributed by atoms with Crippen LogP contribution >= 0.6 is 35.8 Å². The van der Waals surface area contributed by atoms with Crippen LogP contribution in [0.2, 0.25) is 5.15 Å². The molecular formula is C12H8Cl2N4S. The van der Waals surface area contributed by atoms with Gasteiger partial charge in [0.05, 0.1) is 17.0 Å². The van der Waals surface area contributed by atoms with Crippen LogP contribution in [0.4, 0.5) is 0 Å². The average molecular weight is 311 g/mol. The van der Waals surface area contributed by atoms with E-state index in [0.29, 0.717) is 21.5 Å². The predicted octanol–water partition coefficient (Wildman–Crippen LogP) is 3.78. The second-order valence-electron chi connectivity index (χ2n) is 3.72. The third-order valence-electron chi connectivity index (χ3n) is 2.70. The van der Waals surface area contributed by atoms with Gasteiger partial charge in [-0.1, -0.05) is 23.4 Å². The van der Waals surface area contributed by atoms with Gasteiger partial charge in [-0.05, 0) is 24.5 Å². The molecule has 7 heteroatoms. The van der Waals surface area contributed by atoms with Crippen molar-refractivity contribution in [1.29, 1.82) is 5.26 Å². The Labute approximate surface area is 124 Å². The molecule has 0 saturated carbocycles. The first kappa shape index (κ1) is 13.9. The first-order valence-electron chi connectivity index (χ1n) is 5.16. The van der Waals surface area contributed by atoms with Gasteiger partial charge >= 0.3 is 0 Å². The van der Waals surface area contributed by atoms with E-state index in [1.54, 1.807) is 12.1 Å². The lowest BCUT2D eigenvalue weighted by molar-refractivity contribution is 1.00. The van der Waals surface area contributed by atoms with Gasteiger partial charge in [0.2, 0.25) is 0 Å². The van der Waals surface area contributed by atoms with Crippen LogP contribution in [-0.4, -0.2) is 21.2 Å². The summed E-state index contributed by atoms with van der Waals surface area (Å²) in [4.78, 5) is 11.8. The fourth-order valence-corrected chi connectivity index (χ4v) is 2.58. The molecule has 3 aromatic rings. The largest absolute Gasteiger partial charge is 0.339 e. The van der Waals surface area contributed by atoms with Gasteiger partial charge in [-0.3, -0.25) is 0 Å². The minimum atomic E-state index is 0. The number of hydrogen-bond acceptors (Lipinski definition) is 4. The number of benzene rings is 1. The van der Waals surface area contributed by atoms with Gasteiger partial charge in [0, 0.05) is 10.9 Å². The van der Waals surface area contributed by atoms with E-state index in [0.717, 1.165) is 16.3 Å². The van der Waals surface area contributed by atoms with Crippen LogP contribution in [0, 0.1) is 11.3 Å². The molecule has 0 aliphatic carbocycles. The Balaban J connectivity index is 0.00000133. The van der Waals surface area contributed by atoms with Gasteiger partial charge in [0.25, 0.3) is 0 Å². The molecule has 0 amide bonds. The third kappa shape index (κ3) is 2.23. The zero-order valence-electron chi connectivity index (χ0n) is 9.77. The van der Waals surface area contributed by atoms with Gasteiger partial charge in [0.1, 0.15) is 10.8 Å². The van der Waals surface area contributed by atoms with Gasteiger partial charge in [-0.25, -0.2) is 9.97 Å². The number of rotatable bonds is 1. The summed E-state index contributed by atoms with van der Waals surface area (Å²) in [5, 5.41) is 11.6. The lowest BCUT2D eigenvalue weighted by atomic mass is 10.1. The lowest BCUT2D eigenvalue weighted by Crippen LogP contribution is -1.87. The monoisotopic (exact) mass is 310 g/mol. The van der Waals surface area contributed by atoms with E-state index in [9.17, 15) is 0 Å². The SMILES string of the molecule is CSc1nc(Cl)c2c(n1)[nH]c1ccc(C#N)cc12.Cl. The molecule has 0 aliphatic heterocycles. The normalized spacial score (nSPS) is 10.4. The van der Waals surface area contributed by atoms with Gasteiger partial charge in [-0.15, -0.1) is 12.4 Å². The van der Waals surface area contributed by atoms with Crippen molar-refractivity contribution in [2.45, 2.75) is 5.16 Å². The first-order chi connectivity index (χ1) is 8.72. The minimum Gasteiger partial charge on any atom is -0.339 e. The van der Waals surface area contributed by atoms with Crippen LogP contribution in [0.15, 0.2) is 23.4 Å². The summed E-state index contributed by atoms with van der Waals surface area (Å²) in [6.07, 6.45) is 1.90. The Morgan fingerprint density at radius 3 is 2.84 bits per heavy atom. The molecule has 1 aromatic carbocycles. The quantitative estimate of drug-likeness (QED) is 0.422. The Hall–Kier alpha value is -1.48. The molecule has 1 N–H and O–H groups in total. The van der Waals surface area contributed by atoms with E-state index < -0.39 is 0 Å². The number of aromatic amines is 1. The molecule has 0 saturated heterocycles. The van der Waals surface area contributed by atoms with Crippen LogP contribution in [0.3, 0.4) is 0 Å². The molecule has 0 aliphatic rings. The van der Waals surface area contributed by atoms with E-state index in [4.69, 9.17) is 16.9 Å². The highest BCUT2D eigenvalue weighted by Crippen LogP contribution is 2.31. The lowest BCUT2D eigenvalue weighted by Gasteiger charge is -1.97. The first-order valence-corrected chi connectivity index (χ1v) is 6.76. The summed E-state index contributed by atoms with van der Waals surface area (Å²) < 4.78 is 0. The van der Waals surface area contributed by atoms with E-state index >= 15 is 0 Å². The molecule has 0 fully saturated rings. The Morgan fingerprint density at radius 1 is 1.37 bits per heavy atom. The number of H-pyrrole nitrogens is 1. The number of hydrogen-bond donors (Lipinski definition) is 1. The number of nitriles is 1. The molecule has 4 nitrogen and oxygen atoms in total. The molecule has 2 aromatic heterocycles. The molecule has 0 spiro atoms. The van der Waals surface area contributed by atoms with Crippen LogP contribution < -0.4 is 0 Å². The highest BCUT2D eigenvalue weighted by atomic mass is 35.5. The molecule has 0 radical (unpaired) electrons. The number of halogens is 2. The fourth-order valence-electron chi connectivity index (χ4n) is 1.89. The maximum absolute atomic E-state index is 8.93. The molecule has 0 bridgehead atoms. The van der Waals surface area contributed by atoms with E-state index in [-0.39, 0.29) is 12.4 Å². The third-order valence-corrected chi connectivity index (χ3v) is 3.52. The topological polar surface area (TPSA) is 65.4 Å². The number of nitrogens with zero attached hydrogens (tertiary/aromatic N) is 3. The van der Waals surface area contributed by atoms with Crippen molar-refractivity contribution in [3.63, 3.8) is 0 Å². The summed E-state index contributed by atoms with van der Waals surface area (Å²) in [6, 6.07) is 7.52. The number of aromatic nitrogens is 3. The molecular weight excluding hydrogens is 303 g/mol. The van der Waals surface area contributed by atoms with Crippen LogP contribution in [0.25, 0.3) is 21.9 Å². The van der Waals surface area contributed by atoms with Gasteiger partial charge in [-0.2, -0.15) is 5.26 Å². The standard InChI is InChI=1S/C12H7ClN4S.ClH/c1-18-12-16-10(13)9-7-4-6(5-14)2-3-8(7)15-11(9)17-12;/h2-4H,1H3,(H,15,16,17);1H. The summed E-state index contributed by atoms with van der Waals surface area (Å²) in [5.41, 5.74) is 2.19. The molecule has 2 heterocycles. The molecule has 0 unspecified atom stereocenters. The Kier molecular flexibility index (Phi) is 3.85. The van der Waals surface area contributed by atoms with Gasteiger partial charge < -0.3 is 4.98 Å². The van der Waals surface area contributed by atoms with Crippen molar-refractivity contribution < 1.29 is 0 Å². The summed E-state index contributed by atoms with van der Waals surface area (Å²) in [7, 11) is 0. The zero-order chi connectivity index (χ0) is 12.7. The predicted molar refractivity (Wildman–Crippen MR) is 80.1 cm³/mol. The molecule has 96 valence electrons. The highest BCUT2D eigenvalue weighted by molar-refractivity contribution is 7.98. The van der Waals surface area contributed by atoms with Crippen LogP contribution in [-0.2, 0) is 0 Å². The van der Waals surface area contributed by atoms with Crippen LogP contribution in [0.1, 0.15) is 5.56 Å². The number of nitrogens with one attached hydrogen (secondary N) is 1. The molecule has 3 rings (SSSR count). The van der Waals surface area contributed by atoms with Gasteiger partial charge in [0.15, 0.2) is 5.16 Å². The Morgan fingerprint density at radius 2 is 2.16 bits per heavy atom. The average Bonchev–Trinajstić information content (AvgIpc) is 2.75. The van der Waals surface area contributed by atoms with Crippen molar-refractivity contribution >= 4 is 57.7 Å². The van der Waals surface area contributed by atoms with Crippen LogP contribution in [0.5, 0.6) is 0 Å².